The van der Waals surface area contributed by atoms with Gasteiger partial charge in [0.25, 0.3) is 0 Å². The monoisotopic (exact) mass is 228 g/mol. The normalized spacial score (nSPS) is 10.8. The van der Waals surface area contributed by atoms with Crippen molar-refractivity contribution in [2.24, 2.45) is 0 Å². The highest BCUT2D eigenvalue weighted by Crippen LogP contribution is 2.23. The Morgan fingerprint density at radius 3 is 2.75 bits per heavy atom. The van der Waals surface area contributed by atoms with Gasteiger partial charge in [-0.3, -0.25) is 5.10 Å². The van der Waals surface area contributed by atoms with E-state index in [4.69, 9.17) is 12.2 Å². The van der Waals surface area contributed by atoms with E-state index in [9.17, 15) is 0 Å². The van der Waals surface area contributed by atoms with Crippen molar-refractivity contribution in [3.05, 3.63) is 41.3 Å². The molecule has 0 saturated heterocycles. The molecule has 0 aliphatic carbocycles. The summed E-state index contributed by atoms with van der Waals surface area (Å²) in [7, 11) is 0. The highest BCUT2D eigenvalue weighted by atomic mass is 32.1. The number of fused-ring (bicyclic) bond motifs is 1. The first-order chi connectivity index (χ1) is 7.86. The number of imidazole rings is 1. The molecular formula is C11H8N4S. The molecule has 0 aliphatic heterocycles. The minimum atomic E-state index is 0.576. The minimum Gasteiger partial charge on any atom is -0.342 e. The molecule has 78 valence electrons. The Hall–Kier alpha value is -2.01. The Morgan fingerprint density at radius 1 is 1.12 bits per heavy atom. The van der Waals surface area contributed by atoms with Crippen molar-refractivity contribution in [1.29, 1.82) is 0 Å². The number of H-pyrrole nitrogens is 2. The first kappa shape index (κ1) is 9.23. The second-order valence-corrected chi connectivity index (χ2v) is 3.80. The second kappa shape index (κ2) is 3.53. The lowest BCUT2D eigenvalue weighted by molar-refractivity contribution is 1.04. The molecule has 0 unspecified atom stereocenters. The smallest absolute Gasteiger partial charge is 0.145 e. The van der Waals surface area contributed by atoms with Gasteiger partial charge in [-0.25, -0.2) is 4.98 Å². The Labute approximate surface area is 96.4 Å². The Bertz CT molecular complexity index is 684. The van der Waals surface area contributed by atoms with Crippen LogP contribution in [0.25, 0.3) is 22.3 Å². The zero-order chi connectivity index (χ0) is 11.0. The summed E-state index contributed by atoms with van der Waals surface area (Å²) in [5.74, 6) is 0. The zero-order valence-electron chi connectivity index (χ0n) is 8.27. The fourth-order valence-electron chi connectivity index (χ4n) is 1.66. The molecule has 0 saturated carbocycles. The Kier molecular flexibility index (Phi) is 2.04. The number of aromatic nitrogens is 4. The van der Waals surface area contributed by atoms with E-state index in [0.717, 1.165) is 22.3 Å². The summed E-state index contributed by atoms with van der Waals surface area (Å²) in [6.45, 7) is 0. The van der Waals surface area contributed by atoms with Crippen LogP contribution in [0.2, 0.25) is 0 Å². The lowest BCUT2D eigenvalue weighted by Gasteiger charge is -2.00. The highest BCUT2D eigenvalue weighted by Gasteiger charge is 2.08. The second-order valence-electron chi connectivity index (χ2n) is 3.39. The Morgan fingerprint density at radius 2 is 1.94 bits per heavy atom. The van der Waals surface area contributed by atoms with E-state index < -0.39 is 0 Å². The van der Waals surface area contributed by atoms with Crippen LogP contribution < -0.4 is 0 Å². The molecule has 0 fully saturated rings. The van der Waals surface area contributed by atoms with E-state index in [2.05, 4.69) is 20.2 Å². The quantitative estimate of drug-likeness (QED) is 0.629. The van der Waals surface area contributed by atoms with Crippen molar-refractivity contribution in [2.45, 2.75) is 0 Å². The van der Waals surface area contributed by atoms with Crippen molar-refractivity contribution in [3.8, 4) is 11.3 Å². The Balaban J connectivity index is 2.37. The highest BCUT2D eigenvalue weighted by molar-refractivity contribution is 7.71. The van der Waals surface area contributed by atoms with Crippen molar-refractivity contribution < 1.29 is 0 Å². The number of hydrogen-bond acceptors (Lipinski definition) is 3. The molecule has 0 bridgehead atoms. The number of hydrogen-bond donors (Lipinski definition) is 2. The van der Waals surface area contributed by atoms with Gasteiger partial charge < -0.3 is 4.98 Å². The lowest BCUT2D eigenvalue weighted by Crippen LogP contribution is -1.90. The third kappa shape index (κ3) is 1.33. The molecule has 5 heteroatoms. The number of rotatable bonds is 1. The molecule has 3 rings (SSSR count). The third-order valence-electron chi connectivity index (χ3n) is 2.41. The van der Waals surface area contributed by atoms with Crippen molar-refractivity contribution in [3.63, 3.8) is 0 Å². The number of aromatic amines is 2. The van der Waals surface area contributed by atoms with Crippen molar-refractivity contribution >= 4 is 23.3 Å². The molecule has 2 heterocycles. The maximum Gasteiger partial charge on any atom is 0.145 e. The summed E-state index contributed by atoms with van der Waals surface area (Å²) in [4.78, 5) is 7.26. The standard InChI is InChI=1S/C11H8N4S/c16-11-10-9(12-6-13-10)8(14-15-11)7-4-2-1-3-5-7/h1-6H,(H,12,13)(H,15,16). The van der Waals surface area contributed by atoms with E-state index in [-0.39, 0.29) is 0 Å². The maximum absolute atomic E-state index is 5.13. The SMILES string of the molecule is S=c1[nH]nc(-c2ccccc2)c2nc[nH]c12. The van der Waals surface area contributed by atoms with Gasteiger partial charge in [-0.1, -0.05) is 42.5 Å². The van der Waals surface area contributed by atoms with E-state index in [1.54, 1.807) is 6.33 Å². The van der Waals surface area contributed by atoms with Crippen LogP contribution in [0.3, 0.4) is 0 Å². The van der Waals surface area contributed by atoms with Crippen LogP contribution in [-0.2, 0) is 0 Å². The third-order valence-corrected chi connectivity index (χ3v) is 2.70. The molecule has 2 N–H and O–H groups in total. The van der Waals surface area contributed by atoms with Gasteiger partial charge in [0.1, 0.15) is 21.4 Å². The first-order valence-corrected chi connectivity index (χ1v) is 5.24. The lowest BCUT2D eigenvalue weighted by atomic mass is 10.1. The molecule has 1 aromatic carbocycles. The topological polar surface area (TPSA) is 57.4 Å². The van der Waals surface area contributed by atoms with Crippen LogP contribution in [0.1, 0.15) is 0 Å². The molecule has 0 spiro atoms. The number of nitrogens with zero attached hydrogens (tertiary/aromatic N) is 2. The zero-order valence-corrected chi connectivity index (χ0v) is 9.08. The molecule has 0 atom stereocenters. The summed E-state index contributed by atoms with van der Waals surface area (Å²) in [6.07, 6.45) is 1.63. The number of nitrogens with one attached hydrogen (secondary N) is 2. The van der Waals surface area contributed by atoms with Gasteiger partial charge in [-0.05, 0) is 0 Å². The summed E-state index contributed by atoms with van der Waals surface area (Å²) in [5.41, 5.74) is 3.45. The van der Waals surface area contributed by atoms with Crippen molar-refractivity contribution in [2.75, 3.05) is 0 Å². The largest absolute Gasteiger partial charge is 0.342 e. The van der Waals surface area contributed by atoms with Gasteiger partial charge in [0.2, 0.25) is 0 Å². The van der Waals surface area contributed by atoms with E-state index in [1.165, 1.54) is 0 Å². The van der Waals surface area contributed by atoms with Crippen LogP contribution in [-0.4, -0.2) is 20.2 Å². The fraction of sp³-hybridized carbons (Fsp3) is 0. The average molecular weight is 228 g/mol. The van der Waals surface area contributed by atoms with E-state index >= 15 is 0 Å². The van der Waals surface area contributed by atoms with E-state index in [1.807, 2.05) is 30.3 Å². The fourth-order valence-corrected chi connectivity index (χ4v) is 1.86. The molecular weight excluding hydrogens is 220 g/mol. The summed E-state index contributed by atoms with van der Waals surface area (Å²) < 4.78 is 0.576. The average Bonchev–Trinajstić information content (AvgIpc) is 2.81. The van der Waals surface area contributed by atoms with Gasteiger partial charge >= 0.3 is 0 Å². The molecule has 16 heavy (non-hydrogen) atoms. The van der Waals surface area contributed by atoms with Gasteiger partial charge in [-0.15, -0.1) is 0 Å². The van der Waals surface area contributed by atoms with Gasteiger partial charge in [0.05, 0.1) is 6.33 Å². The first-order valence-electron chi connectivity index (χ1n) is 4.83. The molecule has 0 aliphatic rings. The molecule has 3 aromatic rings. The van der Waals surface area contributed by atoms with Gasteiger partial charge in [0.15, 0.2) is 0 Å². The van der Waals surface area contributed by atoms with Crippen LogP contribution in [0.15, 0.2) is 36.7 Å². The molecule has 0 amide bonds. The summed E-state index contributed by atoms with van der Waals surface area (Å²) in [6, 6.07) is 9.89. The van der Waals surface area contributed by atoms with E-state index in [0.29, 0.717) is 4.64 Å². The minimum absolute atomic E-state index is 0.576. The summed E-state index contributed by atoms with van der Waals surface area (Å²) in [5, 5.41) is 7.06. The maximum atomic E-state index is 5.13. The predicted molar refractivity (Wildman–Crippen MR) is 64.5 cm³/mol. The van der Waals surface area contributed by atoms with Crippen LogP contribution in [0.4, 0.5) is 0 Å². The molecule has 2 aromatic heterocycles. The predicted octanol–water partition coefficient (Wildman–Crippen LogP) is 2.68. The van der Waals surface area contributed by atoms with Crippen LogP contribution in [0, 0.1) is 4.64 Å². The van der Waals surface area contributed by atoms with Gasteiger partial charge in [-0.2, -0.15) is 5.10 Å². The van der Waals surface area contributed by atoms with Crippen LogP contribution in [0.5, 0.6) is 0 Å². The molecule has 0 radical (unpaired) electrons. The van der Waals surface area contributed by atoms with Crippen LogP contribution >= 0.6 is 12.2 Å². The van der Waals surface area contributed by atoms with Gasteiger partial charge in [0, 0.05) is 5.56 Å². The summed E-state index contributed by atoms with van der Waals surface area (Å²) >= 11 is 5.13. The van der Waals surface area contributed by atoms with Crippen molar-refractivity contribution in [1.82, 2.24) is 20.2 Å². The molecule has 4 nitrogen and oxygen atoms in total. The number of benzene rings is 1.